The normalized spacial score (nSPS) is 14.8. The summed E-state index contributed by atoms with van der Waals surface area (Å²) in [6.45, 7) is 9.73. The number of amides is 3. The van der Waals surface area contributed by atoms with Gasteiger partial charge in [0.15, 0.2) is 22.5 Å². The van der Waals surface area contributed by atoms with Crippen LogP contribution in [0.2, 0.25) is 5.15 Å². The summed E-state index contributed by atoms with van der Waals surface area (Å²) in [7, 11) is 0. The van der Waals surface area contributed by atoms with Gasteiger partial charge >= 0.3 is 12.2 Å². The van der Waals surface area contributed by atoms with Crippen molar-refractivity contribution < 1.29 is 23.9 Å². The molecule has 4 aromatic rings. The van der Waals surface area contributed by atoms with Crippen LogP contribution in [0.5, 0.6) is 0 Å². The molecule has 55 heavy (non-hydrogen) atoms. The fourth-order valence-corrected chi connectivity index (χ4v) is 7.56. The van der Waals surface area contributed by atoms with Gasteiger partial charge in [0.05, 0.1) is 0 Å². The smallest absolute Gasteiger partial charge is 0.410 e. The van der Waals surface area contributed by atoms with Crippen molar-refractivity contribution in [2.75, 3.05) is 50.8 Å². The Kier molecular flexibility index (Phi) is 12.1. The van der Waals surface area contributed by atoms with E-state index in [1.807, 2.05) is 70.2 Å². The third-order valence-corrected chi connectivity index (χ3v) is 10.5. The van der Waals surface area contributed by atoms with E-state index >= 15 is 0 Å². The first-order chi connectivity index (χ1) is 26.3. The van der Waals surface area contributed by atoms with E-state index in [-0.39, 0.29) is 59.5 Å². The van der Waals surface area contributed by atoms with Crippen molar-refractivity contribution in [3.8, 4) is 11.1 Å². The molecule has 0 radical (unpaired) electrons. The average molecular weight is 768 g/mol. The SMILES string of the molecule is Cc1ccccc1CC(CNC(=O)c1nc(Cl)c(N)nc1N)CN(CC1CCN(C(=O)OC(C)(C)C)CC1)C(=O)OCC1c2ccccc2-c2ccccc21. The number of halogens is 1. The van der Waals surface area contributed by atoms with E-state index < -0.39 is 17.6 Å². The van der Waals surface area contributed by atoms with Crippen LogP contribution in [0.1, 0.15) is 72.3 Å². The van der Waals surface area contributed by atoms with E-state index in [2.05, 4.69) is 45.6 Å². The zero-order valence-corrected chi connectivity index (χ0v) is 32.6. The summed E-state index contributed by atoms with van der Waals surface area (Å²) in [5, 5.41) is 2.84. The molecular formula is C42H50ClN7O5. The Morgan fingerprint density at radius 1 is 0.927 bits per heavy atom. The van der Waals surface area contributed by atoms with E-state index in [4.69, 9.17) is 32.5 Å². The highest BCUT2D eigenvalue weighted by molar-refractivity contribution is 6.31. The second-order valence-electron chi connectivity index (χ2n) is 15.5. The summed E-state index contributed by atoms with van der Waals surface area (Å²) in [6, 6.07) is 24.5. The Bertz CT molecular complexity index is 1980. The molecule has 13 heteroatoms. The number of carbonyl (C=O) groups is 3. The van der Waals surface area contributed by atoms with Gasteiger partial charge in [-0.15, -0.1) is 0 Å². The summed E-state index contributed by atoms with van der Waals surface area (Å²) in [5.41, 5.74) is 17.8. The van der Waals surface area contributed by atoms with Crippen molar-refractivity contribution in [2.45, 2.75) is 58.5 Å². The van der Waals surface area contributed by atoms with Crippen LogP contribution in [0, 0.1) is 18.8 Å². The Morgan fingerprint density at radius 3 is 2.18 bits per heavy atom. The fourth-order valence-electron chi connectivity index (χ4n) is 7.44. The summed E-state index contributed by atoms with van der Waals surface area (Å²) in [6.07, 6.45) is 1.20. The molecule has 5 N–H and O–H groups in total. The molecule has 1 unspecified atom stereocenters. The van der Waals surface area contributed by atoms with Crippen molar-refractivity contribution >= 4 is 41.3 Å². The Labute approximate surface area is 327 Å². The average Bonchev–Trinajstić information content (AvgIpc) is 3.47. The lowest BCUT2D eigenvalue weighted by Crippen LogP contribution is -2.46. The highest BCUT2D eigenvalue weighted by atomic mass is 35.5. The quantitative estimate of drug-likeness (QED) is 0.144. The highest BCUT2D eigenvalue weighted by Gasteiger charge is 2.33. The van der Waals surface area contributed by atoms with E-state index in [1.165, 1.54) is 0 Å². The predicted octanol–water partition coefficient (Wildman–Crippen LogP) is 7.09. The van der Waals surface area contributed by atoms with Gasteiger partial charge in [0.2, 0.25) is 0 Å². The summed E-state index contributed by atoms with van der Waals surface area (Å²) >= 11 is 6.08. The largest absolute Gasteiger partial charge is 0.448 e. The number of aryl methyl sites for hydroxylation is 1. The van der Waals surface area contributed by atoms with Crippen LogP contribution < -0.4 is 16.8 Å². The van der Waals surface area contributed by atoms with Crippen LogP contribution in [-0.2, 0) is 15.9 Å². The first kappa shape index (κ1) is 39.3. The number of anilines is 2. The molecule has 2 aliphatic rings. The number of nitrogens with two attached hydrogens (primary N) is 2. The highest BCUT2D eigenvalue weighted by Crippen LogP contribution is 2.44. The maximum Gasteiger partial charge on any atom is 0.410 e. The van der Waals surface area contributed by atoms with Gasteiger partial charge in [-0.1, -0.05) is 84.4 Å². The minimum absolute atomic E-state index is 0.0659. The van der Waals surface area contributed by atoms with Crippen molar-refractivity contribution in [2.24, 2.45) is 11.8 Å². The minimum atomic E-state index is -0.588. The molecule has 3 amide bonds. The zero-order valence-electron chi connectivity index (χ0n) is 31.9. The fraction of sp³-hybridized carbons (Fsp3) is 0.405. The number of nitrogen functional groups attached to an aromatic ring is 2. The number of hydrogen-bond donors (Lipinski definition) is 3. The number of ether oxygens (including phenoxy) is 2. The lowest BCUT2D eigenvalue weighted by molar-refractivity contribution is 0.0161. The van der Waals surface area contributed by atoms with Crippen molar-refractivity contribution in [3.63, 3.8) is 0 Å². The number of hydrogen-bond acceptors (Lipinski definition) is 9. The Hall–Kier alpha value is -5.36. The standard InChI is InChI=1S/C42H50ClN7O5/c1-26-11-5-6-12-29(26)21-28(22-46-39(51)35-37(44)48-38(45)36(43)47-35)24-50(23-27-17-19-49(20-18-27)41(53)55-42(2,3)4)40(52)54-25-34-32-15-9-7-13-30(32)31-14-8-10-16-33(31)34/h5-16,27-28,34H,17-25H2,1-4H3,(H,46,51)(H4,44,45,48). The predicted molar refractivity (Wildman–Crippen MR) is 214 cm³/mol. The lowest BCUT2D eigenvalue weighted by Gasteiger charge is -2.36. The second-order valence-corrected chi connectivity index (χ2v) is 15.8. The van der Waals surface area contributed by atoms with E-state index in [1.54, 1.807) is 9.80 Å². The molecule has 12 nitrogen and oxygen atoms in total. The van der Waals surface area contributed by atoms with Crippen LogP contribution in [-0.4, -0.2) is 82.8 Å². The number of nitrogens with one attached hydrogen (secondary N) is 1. The van der Waals surface area contributed by atoms with Crippen molar-refractivity contribution in [1.82, 2.24) is 25.1 Å². The summed E-state index contributed by atoms with van der Waals surface area (Å²) in [4.78, 5) is 52.0. The molecule has 290 valence electrons. The van der Waals surface area contributed by atoms with E-state index in [0.29, 0.717) is 45.4 Å². The van der Waals surface area contributed by atoms with Gasteiger partial charge < -0.3 is 36.1 Å². The molecule has 0 spiro atoms. The number of fused-ring (bicyclic) bond motifs is 3. The third kappa shape index (κ3) is 9.66. The number of nitrogens with zero attached hydrogens (tertiary/aromatic N) is 4. The number of piperidine rings is 1. The van der Waals surface area contributed by atoms with Gasteiger partial charge in [-0.3, -0.25) is 4.79 Å². The maximum atomic E-state index is 14.3. The Balaban J connectivity index is 1.22. The molecule has 1 atom stereocenters. The maximum absolute atomic E-state index is 14.3. The van der Waals surface area contributed by atoms with Gasteiger partial charge in [0.1, 0.15) is 12.2 Å². The van der Waals surface area contributed by atoms with Crippen molar-refractivity contribution in [3.05, 3.63) is 106 Å². The molecule has 1 aliphatic carbocycles. The number of carbonyl (C=O) groups excluding carboxylic acids is 3. The number of likely N-dealkylation sites (tertiary alicyclic amines) is 1. The van der Waals surface area contributed by atoms with E-state index in [0.717, 1.165) is 33.4 Å². The zero-order chi connectivity index (χ0) is 39.3. The van der Waals surface area contributed by atoms with Crippen LogP contribution >= 0.6 is 11.6 Å². The molecule has 1 aromatic heterocycles. The third-order valence-electron chi connectivity index (χ3n) is 10.3. The molecule has 0 saturated carbocycles. The molecule has 1 saturated heterocycles. The van der Waals surface area contributed by atoms with Gasteiger partial charge in [-0.25, -0.2) is 19.6 Å². The first-order valence-corrected chi connectivity index (χ1v) is 19.1. The molecule has 1 fully saturated rings. The number of rotatable bonds is 11. The van der Waals surface area contributed by atoms with Crippen LogP contribution in [0.25, 0.3) is 11.1 Å². The van der Waals surface area contributed by atoms with Gasteiger partial charge in [0, 0.05) is 38.6 Å². The summed E-state index contributed by atoms with van der Waals surface area (Å²) in [5.74, 6) is -0.971. The van der Waals surface area contributed by atoms with Crippen LogP contribution in [0.15, 0.2) is 72.8 Å². The van der Waals surface area contributed by atoms with Crippen molar-refractivity contribution in [1.29, 1.82) is 0 Å². The number of aromatic nitrogens is 2. The van der Waals surface area contributed by atoms with Gasteiger partial charge in [0.25, 0.3) is 5.91 Å². The molecule has 6 rings (SSSR count). The topological polar surface area (TPSA) is 166 Å². The molecule has 1 aliphatic heterocycles. The molecule has 2 heterocycles. The Morgan fingerprint density at radius 2 is 1.55 bits per heavy atom. The van der Waals surface area contributed by atoms with Gasteiger partial charge in [-0.05, 0) is 92.2 Å². The molecule has 3 aromatic carbocycles. The van der Waals surface area contributed by atoms with Crippen LogP contribution in [0.3, 0.4) is 0 Å². The van der Waals surface area contributed by atoms with E-state index in [9.17, 15) is 14.4 Å². The number of benzene rings is 3. The molecule has 0 bridgehead atoms. The van der Waals surface area contributed by atoms with Gasteiger partial charge in [-0.2, -0.15) is 0 Å². The second kappa shape index (κ2) is 17.0. The monoisotopic (exact) mass is 767 g/mol. The van der Waals surface area contributed by atoms with Crippen LogP contribution in [0.4, 0.5) is 21.2 Å². The summed E-state index contributed by atoms with van der Waals surface area (Å²) < 4.78 is 11.8. The lowest BCUT2D eigenvalue weighted by atomic mass is 9.93. The first-order valence-electron chi connectivity index (χ1n) is 18.8. The minimum Gasteiger partial charge on any atom is -0.448 e. The molecular weight excluding hydrogens is 718 g/mol.